The van der Waals surface area contributed by atoms with Crippen molar-refractivity contribution >= 4 is 22.4 Å². The van der Waals surface area contributed by atoms with Gasteiger partial charge >= 0.3 is 0 Å². The summed E-state index contributed by atoms with van der Waals surface area (Å²) in [6.07, 6.45) is 2.01. The topological polar surface area (TPSA) is 73.3 Å². The molecular formula is C17H21N3O3S. The van der Waals surface area contributed by atoms with Gasteiger partial charge in [-0.3, -0.25) is 10.1 Å². The third-order valence-electron chi connectivity index (χ3n) is 3.79. The van der Waals surface area contributed by atoms with Crippen LogP contribution in [0.15, 0.2) is 24.3 Å². The maximum Gasteiger partial charge on any atom is 0.264 e. The number of ether oxygens (including phenoxy) is 2. The number of rotatable bonds is 6. The standard InChI is InChI=1S/C17H21N3O3S/c1-11(2)12-5-3-6-13(9-12)23-10-15(21)18-17-20-19-16(24-17)14-7-4-8-22-14/h3,5-6,9,11,14H,4,7-8,10H2,1-2H3,(H,18,20,21). The van der Waals surface area contributed by atoms with Crippen molar-refractivity contribution in [3.05, 3.63) is 34.8 Å². The van der Waals surface area contributed by atoms with Gasteiger partial charge in [-0.2, -0.15) is 0 Å². The molecule has 1 atom stereocenters. The molecule has 0 radical (unpaired) electrons. The first kappa shape index (κ1) is 16.9. The molecule has 1 saturated heterocycles. The molecule has 1 N–H and O–H groups in total. The minimum atomic E-state index is -0.250. The largest absolute Gasteiger partial charge is 0.484 e. The molecule has 24 heavy (non-hydrogen) atoms. The summed E-state index contributed by atoms with van der Waals surface area (Å²) in [4.78, 5) is 12.0. The van der Waals surface area contributed by atoms with Crippen LogP contribution in [0.3, 0.4) is 0 Å². The fourth-order valence-electron chi connectivity index (χ4n) is 2.46. The Morgan fingerprint density at radius 3 is 3.08 bits per heavy atom. The monoisotopic (exact) mass is 347 g/mol. The molecule has 0 spiro atoms. The van der Waals surface area contributed by atoms with Gasteiger partial charge in [-0.15, -0.1) is 10.2 Å². The second-order valence-corrected chi connectivity index (χ2v) is 7.02. The van der Waals surface area contributed by atoms with Gasteiger partial charge in [0.05, 0.1) is 0 Å². The highest BCUT2D eigenvalue weighted by molar-refractivity contribution is 7.15. The van der Waals surface area contributed by atoms with Crippen LogP contribution in [0.5, 0.6) is 5.75 Å². The van der Waals surface area contributed by atoms with Crippen molar-refractivity contribution in [3.8, 4) is 5.75 Å². The van der Waals surface area contributed by atoms with Gasteiger partial charge in [-0.25, -0.2) is 0 Å². The number of benzene rings is 1. The number of amides is 1. The first-order chi connectivity index (χ1) is 11.6. The summed E-state index contributed by atoms with van der Waals surface area (Å²) in [5.74, 6) is 0.855. The van der Waals surface area contributed by atoms with Crippen molar-refractivity contribution in [2.75, 3.05) is 18.5 Å². The molecule has 128 valence electrons. The minimum absolute atomic E-state index is 0.0168. The lowest BCUT2D eigenvalue weighted by Crippen LogP contribution is -2.20. The fraction of sp³-hybridized carbons (Fsp3) is 0.471. The van der Waals surface area contributed by atoms with E-state index in [2.05, 4.69) is 29.4 Å². The van der Waals surface area contributed by atoms with E-state index >= 15 is 0 Å². The average Bonchev–Trinajstić information content (AvgIpc) is 3.24. The first-order valence-corrected chi connectivity index (χ1v) is 8.91. The third kappa shape index (κ3) is 4.30. The van der Waals surface area contributed by atoms with Crippen LogP contribution in [0.25, 0.3) is 0 Å². The lowest BCUT2D eigenvalue weighted by molar-refractivity contribution is -0.118. The zero-order valence-corrected chi connectivity index (χ0v) is 14.6. The Labute approximate surface area is 145 Å². The summed E-state index contributed by atoms with van der Waals surface area (Å²) >= 11 is 1.35. The van der Waals surface area contributed by atoms with E-state index in [0.717, 1.165) is 24.5 Å². The molecule has 1 aromatic heterocycles. The number of carbonyl (C=O) groups excluding carboxylic acids is 1. The van der Waals surface area contributed by atoms with Gasteiger partial charge in [-0.05, 0) is 36.5 Å². The lowest BCUT2D eigenvalue weighted by atomic mass is 10.0. The van der Waals surface area contributed by atoms with Crippen molar-refractivity contribution < 1.29 is 14.3 Å². The zero-order valence-electron chi connectivity index (χ0n) is 13.8. The molecule has 1 amide bonds. The van der Waals surface area contributed by atoms with Crippen LogP contribution >= 0.6 is 11.3 Å². The van der Waals surface area contributed by atoms with Crippen LogP contribution in [-0.2, 0) is 9.53 Å². The van der Waals surface area contributed by atoms with E-state index in [1.54, 1.807) is 0 Å². The molecule has 7 heteroatoms. The van der Waals surface area contributed by atoms with Crippen molar-refractivity contribution in [1.82, 2.24) is 10.2 Å². The van der Waals surface area contributed by atoms with Crippen molar-refractivity contribution in [2.24, 2.45) is 0 Å². The van der Waals surface area contributed by atoms with Crippen LogP contribution in [-0.4, -0.2) is 29.3 Å². The molecule has 1 aromatic carbocycles. The zero-order chi connectivity index (χ0) is 16.9. The smallest absolute Gasteiger partial charge is 0.264 e. The number of carbonyl (C=O) groups is 1. The molecule has 1 fully saturated rings. The summed E-state index contributed by atoms with van der Waals surface area (Å²) in [5.41, 5.74) is 1.18. The third-order valence-corrected chi connectivity index (χ3v) is 4.72. The summed E-state index contributed by atoms with van der Waals surface area (Å²) in [5, 5.41) is 12.1. The molecule has 1 unspecified atom stereocenters. The second kappa shape index (κ2) is 7.72. The van der Waals surface area contributed by atoms with Gasteiger partial charge in [0.15, 0.2) is 6.61 Å². The van der Waals surface area contributed by atoms with Crippen molar-refractivity contribution in [2.45, 2.75) is 38.7 Å². The van der Waals surface area contributed by atoms with Crippen LogP contribution < -0.4 is 10.1 Å². The van der Waals surface area contributed by atoms with E-state index in [1.165, 1.54) is 16.9 Å². The second-order valence-electron chi connectivity index (χ2n) is 6.01. The van der Waals surface area contributed by atoms with E-state index in [4.69, 9.17) is 9.47 Å². The van der Waals surface area contributed by atoms with Gasteiger partial charge in [0, 0.05) is 6.61 Å². The number of nitrogens with zero attached hydrogens (tertiary/aromatic N) is 2. The maximum absolute atomic E-state index is 12.0. The maximum atomic E-state index is 12.0. The molecule has 2 aromatic rings. The number of hydrogen-bond donors (Lipinski definition) is 1. The van der Waals surface area contributed by atoms with Crippen LogP contribution in [0, 0.1) is 0 Å². The number of aromatic nitrogens is 2. The van der Waals surface area contributed by atoms with E-state index in [9.17, 15) is 4.79 Å². The SMILES string of the molecule is CC(C)c1cccc(OCC(=O)Nc2nnc(C3CCCO3)s2)c1. The Morgan fingerprint density at radius 2 is 2.33 bits per heavy atom. The van der Waals surface area contributed by atoms with E-state index in [0.29, 0.717) is 16.8 Å². The van der Waals surface area contributed by atoms with Crippen molar-refractivity contribution in [3.63, 3.8) is 0 Å². The molecule has 0 bridgehead atoms. The highest BCUT2D eigenvalue weighted by atomic mass is 32.1. The highest BCUT2D eigenvalue weighted by Gasteiger charge is 2.22. The molecule has 3 rings (SSSR count). The van der Waals surface area contributed by atoms with Crippen LogP contribution in [0.2, 0.25) is 0 Å². The van der Waals surface area contributed by atoms with E-state index in [-0.39, 0.29) is 18.6 Å². The summed E-state index contributed by atoms with van der Waals surface area (Å²) in [6, 6.07) is 7.78. The number of nitrogens with one attached hydrogen (secondary N) is 1. The van der Waals surface area contributed by atoms with Gasteiger partial charge in [0.25, 0.3) is 5.91 Å². The summed E-state index contributed by atoms with van der Waals surface area (Å²) < 4.78 is 11.1. The first-order valence-electron chi connectivity index (χ1n) is 8.09. The van der Waals surface area contributed by atoms with Crippen LogP contribution in [0.1, 0.15) is 49.3 Å². The molecular weight excluding hydrogens is 326 g/mol. The van der Waals surface area contributed by atoms with Gasteiger partial charge in [0.1, 0.15) is 16.9 Å². The average molecular weight is 347 g/mol. The molecule has 1 aliphatic heterocycles. The van der Waals surface area contributed by atoms with E-state index < -0.39 is 0 Å². The molecule has 0 aliphatic carbocycles. The van der Waals surface area contributed by atoms with Gasteiger partial charge < -0.3 is 9.47 Å². The van der Waals surface area contributed by atoms with Gasteiger partial charge in [0.2, 0.25) is 5.13 Å². The normalized spacial score (nSPS) is 17.2. The Kier molecular flexibility index (Phi) is 5.42. The highest BCUT2D eigenvalue weighted by Crippen LogP contribution is 2.31. The predicted octanol–water partition coefficient (Wildman–Crippen LogP) is 3.53. The summed E-state index contributed by atoms with van der Waals surface area (Å²) in [7, 11) is 0. The van der Waals surface area contributed by atoms with E-state index in [1.807, 2.05) is 24.3 Å². The molecule has 0 saturated carbocycles. The predicted molar refractivity (Wildman–Crippen MR) is 92.5 cm³/mol. The Hall–Kier alpha value is -1.99. The molecule has 1 aliphatic rings. The van der Waals surface area contributed by atoms with Crippen molar-refractivity contribution in [1.29, 1.82) is 0 Å². The Balaban J connectivity index is 1.51. The van der Waals surface area contributed by atoms with Gasteiger partial charge in [-0.1, -0.05) is 37.3 Å². The van der Waals surface area contributed by atoms with Crippen LogP contribution in [0.4, 0.5) is 5.13 Å². The molecule has 6 nitrogen and oxygen atoms in total. The number of anilines is 1. The number of hydrogen-bond acceptors (Lipinski definition) is 6. The molecule has 2 heterocycles. The summed E-state index contributed by atoms with van der Waals surface area (Å²) in [6.45, 7) is 4.94. The fourth-order valence-corrected chi connectivity index (χ4v) is 3.30. The Morgan fingerprint density at radius 1 is 1.46 bits per heavy atom. The minimum Gasteiger partial charge on any atom is -0.484 e. The quantitative estimate of drug-likeness (QED) is 0.865. The Bertz CT molecular complexity index is 696. The lowest BCUT2D eigenvalue weighted by Gasteiger charge is -2.09.